The summed E-state index contributed by atoms with van der Waals surface area (Å²) >= 11 is 0. The van der Waals surface area contributed by atoms with Crippen LogP contribution in [-0.2, 0) is 10.2 Å². The average Bonchev–Trinajstić information content (AvgIpc) is 2.26. The smallest absolute Gasteiger partial charge is 0.413 e. The van der Waals surface area contributed by atoms with E-state index in [1.165, 1.54) is 0 Å². The molecule has 1 amide bonds. The van der Waals surface area contributed by atoms with E-state index in [-0.39, 0.29) is 16.9 Å². The van der Waals surface area contributed by atoms with E-state index in [0.717, 1.165) is 5.56 Å². The number of benzene rings is 1. The van der Waals surface area contributed by atoms with Gasteiger partial charge in [0.25, 0.3) is 0 Å². The Hall–Kier alpha value is -2.04. The molecular weight excluding hydrogens is 270 g/mol. The third-order valence-electron chi connectivity index (χ3n) is 3.18. The Morgan fingerprint density at radius 1 is 1.33 bits per heavy atom. The van der Waals surface area contributed by atoms with Gasteiger partial charge < -0.3 is 14.8 Å². The SMILES string of the molecule is CC(C)(C)NC(=O)Oc1ccc2c(c1)C(C)(C)CC(=O)O2. The van der Waals surface area contributed by atoms with Gasteiger partial charge in [0, 0.05) is 16.5 Å². The Morgan fingerprint density at radius 2 is 2.00 bits per heavy atom. The zero-order valence-corrected chi connectivity index (χ0v) is 13.1. The second-order valence-electron chi connectivity index (χ2n) is 6.96. The monoisotopic (exact) mass is 291 g/mol. The molecule has 1 N–H and O–H groups in total. The number of hydrogen-bond acceptors (Lipinski definition) is 4. The van der Waals surface area contributed by atoms with Gasteiger partial charge in [0.2, 0.25) is 0 Å². The van der Waals surface area contributed by atoms with Crippen molar-refractivity contribution in [3.63, 3.8) is 0 Å². The van der Waals surface area contributed by atoms with Gasteiger partial charge in [-0.3, -0.25) is 4.79 Å². The number of hydrogen-bond donors (Lipinski definition) is 1. The molecule has 1 aliphatic rings. The third-order valence-corrected chi connectivity index (χ3v) is 3.18. The molecule has 0 spiro atoms. The molecule has 114 valence electrons. The quantitative estimate of drug-likeness (QED) is 0.637. The molecule has 0 aromatic heterocycles. The molecule has 1 heterocycles. The maximum absolute atomic E-state index is 11.8. The molecule has 21 heavy (non-hydrogen) atoms. The first-order chi connectivity index (χ1) is 9.57. The van der Waals surface area contributed by atoms with Crippen molar-refractivity contribution in [2.45, 2.75) is 52.0 Å². The van der Waals surface area contributed by atoms with Gasteiger partial charge >= 0.3 is 12.1 Å². The lowest BCUT2D eigenvalue weighted by atomic mass is 9.79. The number of amides is 1. The van der Waals surface area contributed by atoms with Crippen LogP contribution in [0.2, 0.25) is 0 Å². The van der Waals surface area contributed by atoms with Gasteiger partial charge in [-0.2, -0.15) is 0 Å². The highest BCUT2D eigenvalue weighted by molar-refractivity contribution is 5.78. The molecule has 5 nitrogen and oxygen atoms in total. The number of fused-ring (bicyclic) bond motifs is 1. The van der Waals surface area contributed by atoms with Gasteiger partial charge in [0.05, 0.1) is 6.42 Å². The van der Waals surface area contributed by atoms with Crippen LogP contribution >= 0.6 is 0 Å². The summed E-state index contributed by atoms with van der Waals surface area (Å²) in [6.45, 7) is 9.56. The molecule has 0 aliphatic carbocycles. The fraction of sp³-hybridized carbons (Fsp3) is 0.500. The minimum absolute atomic E-state index is 0.244. The number of ether oxygens (including phenoxy) is 2. The molecule has 0 unspecified atom stereocenters. The van der Waals surface area contributed by atoms with Crippen molar-refractivity contribution in [3.05, 3.63) is 23.8 Å². The van der Waals surface area contributed by atoms with Crippen LogP contribution in [0.15, 0.2) is 18.2 Å². The Morgan fingerprint density at radius 3 is 2.62 bits per heavy atom. The zero-order valence-electron chi connectivity index (χ0n) is 13.1. The predicted molar refractivity (Wildman–Crippen MR) is 78.6 cm³/mol. The van der Waals surface area contributed by atoms with E-state index in [2.05, 4.69) is 5.32 Å². The summed E-state index contributed by atoms with van der Waals surface area (Å²) < 4.78 is 10.5. The van der Waals surface area contributed by atoms with Crippen LogP contribution in [-0.4, -0.2) is 17.6 Å². The van der Waals surface area contributed by atoms with E-state index in [1.54, 1.807) is 18.2 Å². The first-order valence-corrected chi connectivity index (χ1v) is 6.92. The fourth-order valence-electron chi connectivity index (χ4n) is 2.24. The molecule has 0 saturated carbocycles. The molecule has 5 heteroatoms. The second kappa shape index (κ2) is 5.06. The van der Waals surface area contributed by atoms with Crippen molar-refractivity contribution < 1.29 is 19.1 Å². The maximum Gasteiger partial charge on any atom is 0.413 e. The van der Waals surface area contributed by atoms with Crippen LogP contribution in [0.1, 0.15) is 46.6 Å². The van der Waals surface area contributed by atoms with E-state index in [4.69, 9.17) is 9.47 Å². The minimum atomic E-state index is -0.506. The van der Waals surface area contributed by atoms with Crippen molar-refractivity contribution in [1.82, 2.24) is 5.32 Å². The summed E-state index contributed by atoms with van der Waals surface area (Å²) in [5, 5.41) is 2.73. The zero-order chi connectivity index (χ0) is 15.8. The third kappa shape index (κ3) is 3.74. The highest BCUT2D eigenvalue weighted by Gasteiger charge is 2.34. The standard InChI is InChI=1S/C16H21NO4/c1-15(2,3)17-14(19)20-10-6-7-12-11(8-10)16(4,5)9-13(18)21-12/h6-8H,9H2,1-5H3,(H,17,19). The number of carbonyl (C=O) groups is 2. The van der Waals surface area contributed by atoms with E-state index < -0.39 is 6.09 Å². The molecule has 0 radical (unpaired) electrons. The molecule has 0 fully saturated rings. The van der Waals surface area contributed by atoms with Gasteiger partial charge in [-0.05, 0) is 39.0 Å². The predicted octanol–water partition coefficient (Wildman–Crippen LogP) is 3.16. The molecule has 0 saturated heterocycles. The number of carbonyl (C=O) groups excluding carboxylic acids is 2. The molecule has 1 aromatic carbocycles. The summed E-state index contributed by atoms with van der Waals surface area (Å²) in [5.74, 6) is 0.716. The van der Waals surface area contributed by atoms with Crippen LogP contribution in [0.25, 0.3) is 0 Å². The number of rotatable bonds is 1. The molecule has 1 aromatic rings. The first kappa shape index (κ1) is 15.4. The van der Waals surface area contributed by atoms with Gasteiger partial charge in [-0.1, -0.05) is 13.8 Å². The molecule has 1 aliphatic heterocycles. The van der Waals surface area contributed by atoms with Crippen LogP contribution in [0.5, 0.6) is 11.5 Å². The summed E-state index contributed by atoms with van der Waals surface area (Å²) in [6.07, 6.45) is -0.203. The fourth-order valence-corrected chi connectivity index (χ4v) is 2.24. The largest absolute Gasteiger partial charge is 0.426 e. The molecule has 0 bridgehead atoms. The second-order valence-corrected chi connectivity index (χ2v) is 6.96. The van der Waals surface area contributed by atoms with Crippen molar-refractivity contribution in [3.8, 4) is 11.5 Å². The van der Waals surface area contributed by atoms with Crippen LogP contribution in [0.4, 0.5) is 4.79 Å². The normalized spacial score (nSPS) is 16.7. The van der Waals surface area contributed by atoms with Crippen LogP contribution < -0.4 is 14.8 Å². The highest BCUT2D eigenvalue weighted by Crippen LogP contribution is 2.40. The summed E-state index contributed by atoms with van der Waals surface area (Å²) in [7, 11) is 0. The van der Waals surface area contributed by atoms with Crippen molar-refractivity contribution in [2.24, 2.45) is 0 Å². The van der Waals surface area contributed by atoms with Gasteiger partial charge in [0.1, 0.15) is 11.5 Å². The van der Waals surface area contributed by atoms with Crippen molar-refractivity contribution in [1.29, 1.82) is 0 Å². The molecule has 2 rings (SSSR count). The van der Waals surface area contributed by atoms with E-state index >= 15 is 0 Å². The van der Waals surface area contributed by atoms with Crippen LogP contribution in [0, 0.1) is 0 Å². The summed E-state index contributed by atoms with van der Waals surface area (Å²) in [4.78, 5) is 23.3. The van der Waals surface area contributed by atoms with Gasteiger partial charge in [0.15, 0.2) is 0 Å². The van der Waals surface area contributed by atoms with E-state index in [0.29, 0.717) is 17.9 Å². The minimum Gasteiger partial charge on any atom is -0.426 e. The van der Waals surface area contributed by atoms with E-state index in [1.807, 2.05) is 34.6 Å². The average molecular weight is 291 g/mol. The van der Waals surface area contributed by atoms with Crippen LogP contribution in [0.3, 0.4) is 0 Å². The van der Waals surface area contributed by atoms with Gasteiger partial charge in [-0.25, -0.2) is 4.79 Å². The summed E-state index contributed by atoms with van der Waals surface area (Å²) in [6, 6.07) is 5.04. The Labute approximate surface area is 124 Å². The van der Waals surface area contributed by atoms with Crippen molar-refractivity contribution >= 4 is 12.1 Å². The maximum atomic E-state index is 11.8. The van der Waals surface area contributed by atoms with E-state index in [9.17, 15) is 9.59 Å². The Balaban J connectivity index is 2.22. The van der Waals surface area contributed by atoms with Crippen molar-refractivity contribution in [2.75, 3.05) is 0 Å². The Bertz CT molecular complexity index is 584. The first-order valence-electron chi connectivity index (χ1n) is 6.92. The number of nitrogens with one attached hydrogen (secondary N) is 1. The van der Waals surface area contributed by atoms with Gasteiger partial charge in [-0.15, -0.1) is 0 Å². The molecule has 0 atom stereocenters. The highest BCUT2D eigenvalue weighted by atomic mass is 16.6. The topological polar surface area (TPSA) is 64.6 Å². The molecular formula is C16H21NO4. The lowest BCUT2D eigenvalue weighted by Gasteiger charge is -2.31. The Kier molecular flexibility index (Phi) is 3.70. The number of esters is 1. The lowest BCUT2D eigenvalue weighted by Crippen LogP contribution is -2.42. The lowest BCUT2D eigenvalue weighted by molar-refractivity contribution is -0.136. The summed E-state index contributed by atoms with van der Waals surface area (Å²) in [5.41, 5.74) is 0.160.